The highest BCUT2D eigenvalue weighted by Crippen LogP contribution is 2.39. The normalized spacial score (nSPS) is 11.0. The summed E-state index contributed by atoms with van der Waals surface area (Å²) in [4.78, 5) is 5.80. The van der Waals surface area contributed by atoms with Gasteiger partial charge < -0.3 is 8.83 Å². The summed E-state index contributed by atoms with van der Waals surface area (Å²) in [6.45, 7) is 0. The Balaban J connectivity index is 1.55. The molecule has 5 nitrogen and oxygen atoms in total. The molecule has 30 heavy (non-hydrogen) atoms. The minimum Gasteiger partial charge on any atom is -0.429 e. The Bertz CT molecular complexity index is 1250. The first-order chi connectivity index (χ1) is 14.8. The van der Waals surface area contributed by atoms with Crippen LogP contribution in [0.25, 0.3) is 34.2 Å². The summed E-state index contributed by atoms with van der Waals surface area (Å²) in [7, 11) is 0. The maximum atomic E-state index is 6.17. The van der Waals surface area contributed by atoms with Gasteiger partial charge in [0.25, 0.3) is 0 Å². The first-order valence-corrected chi connectivity index (χ1v) is 10.3. The molecule has 0 saturated heterocycles. The molecule has 0 radical (unpaired) electrons. The van der Waals surface area contributed by atoms with Crippen molar-refractivity contribution in [1.29, 1.82) is 0 Å². The zero-order valence-corrected chi connectivity index (χ0v) is 17.1. The molecule has 5 aromatic rings. The first-order valence-electron chi connectivity index (χ1n) is 9.13. The SMILES string of the molecule is Clc1ccc(Sc2oc(-c3ccccc3)nc2-c2ccc(-c3nnco3)cc2)cc1. The van der Waals surface area contributed by atoms with Crippen LogP contribution in [-0.2, 0) is 0 Å². The van der Waals surface area contributed by atoms with Crippen LogP contribution in [0.15, 0.2) is 104 Å². The van der Waals surface area contributed by atoms with Gasteiger partial charge in [0.15, 0.2) is 5.09 Å². The molecule has 2 aromatic heterocycles. The molecular formula is C23H14ClN3O2S. The molecule has 0 aliphatic rings. The zero-order valence-electron chi connectivity index (χ0n) is 15.5. The van der Waals surface area contributed by atoms with Gasteiger partial charge in [0.1, 0.15) is 5.69 Å². The van der Waals surface area contributed by atoms with Gasteiger partial charge in [0, 0.05) is 26.6 Å². The van der Waals surface area contributed by atoms with E-state index in [4.69, 9.17) is 25.4 Å². The highest BCUT2D eigenvalue weighted by Gasteiger charge is 2.18. The Morgan fingerprint density at radius 1 is 0.733 bits per heavy atom. The fourth-order valence-corrected chi connectivity index (χ4v) is 3.93. The van der Waals surface area contributed by atoms with Gasteiger partial charge >= 0.3 is 0 Å². The van der Waals surface area contributed by atoms with Gasteiger partial charge in [-0.2, -0.15) is 0 Å². The van der Waals surface area contributed by atoms with E-state index in [1.54, 1.807) is 0 Å². The van der Waals surface area contributed by atoms with Crippen LogP contribution >= 0.6 is 23.4 Å². The monoisotopic (exact) mass is 431 g/mol. The first kappa shape index (κ1) is 18.7. The quantitative estimate of drug-likeness (QED) is 0.302. The molecule has 0 fully saturated rings. The molecule has 0 aliphatic heterocycles. The number of hydrogen-bond acceptors (Lipinski definition) is 6. The number of nitrogens with zero attached hydrogens (tertiary/aromatic N) is 3. The van der Waals surface area contributed by atoms with Crippen molar-refractivity contribution in [2.75, 3.05) is 0 Å². The van der Waals surface area contributed by atoms with Gasteiger partial charge in [0.2, 0.25) is 18.2 Å². The second kappa shape index (κ2) is 8.18. The van der Waals surface area contributed by atoms with Crippen molar-refractivity contribution in [2.45, 2.75) is 9.99 Å². The topological polar surface area (TPSA) is 65.0 Å². The Morgan fingerprint density at radius 2 is 1.43 bits per heavy atom. The van der Waals surface area contributed by atoms with E-state index in [1.807, 2.05) is 78.9 Å². The molecule has 7 heteroatoms. The van der Waals surface area contributed by atoms with Crippen molar-refractivity contribution in [3.63, 3.8) is 0 Å². The van der Waals surface area contributed by atoms with Gasteiger partial charge in [-0.15, -0.1) is 10.2 Å². The summed E-state index contributed by atoms with van der Waals surface area (Å²) in [5.41, 5.74) is 3.46. The van der Waals surface area contributed by atoms with E-state index in [0.29, 0.717) is 21.9 Å². The van der Waals surface area contributed by atoms with Crippen molar-refractivity contribution in [3.05, 3.63) is 90.3 Å². The average Bonchev–Trinajstić information content (AvgIpc) is 3.47. The van der Waals surface area contributed by atoms with Crippen LogP contribution in [0.1, 0.15) is 0 Å². The fourth-order valence-electron chi connectivity index (χ4n) is 2.94. The minimum absolute atomic E-state index is 0.474. The van der Waals surface area contributed by atoms with E-state index in [0.717, 1.165) is 27.3 Å². The molecule has 0 atom stereocenters. The van der Waals surface area contributed by atoms with Gasteiger partial charge in [0.05, 0.1) is 0 Å². The Morgan fingerprint density at radius 3 is 2.13 bits per heavy atom. The lowest BCUT2D eigenvalue weighted by molar-refractivity contribution is 0.486. The lowest BCUT2D eigenvalue weighted by atomic mass is 10.1. The molecule has 146 valence electrons. The summed E-state index contributed by atoms with van der Waals surface area (Å²) >= 11 is 7.53. The van der Waals surface area contributed by atoms with E-state index in [1.165, 1.54) is 18.2 Å². The number of halogens is 1. The highest BCUT2D eigenvalue weighted by atomic mass is 35.5. The summed E-state index contributed by atoms with van der Waals surface area (Å²) in [6.07, 6.45) is 1.31. The van der Waals surface area contributed by atoms with Crippen molar-refractivity contribution in [2.24, 2.45) is 0 Å². The lowest BCUT2D eigenvalue weighted by Gasteiger charge is -2.02. The lowest BCUT2D eigenvalue weighted by Crippen LogP contribution is -1.83. The second-order valence-electron chi connectivity index (χ2n) is 6.40. The standard InChI is InChI=1S/C23H14ClN3O2S/c24-18-10-12-19(13-11-18)30-23-20(26-21(29-23)16-4-2-1-3-5-16)15-6-8-17(9-7-15)22-27-25-14-28-22/h1-14H. The smallest absolute Gasteiger partial charge is 0.247 e. The van der Waals surface area contributed by atoms with Crippen LogP contribution in [0.5, 0.6) is 0 Å². The molecule has 3 aromatic carbocycles. The van der Waals surface area contributed by atoms with Gasteiger partial charge in [-0.25, -0.2) is 4.98 Å². The molecule has 0 amide bonds. The van der Waals surface area contributed by atoms with Crippen LogP contribution in [0, 0.1) is 0 Å². The molecule has 0 spiro atoms. The minimum atomic E-state index is 0.474. The Kier molecular flexibility index (Phi) is 5.09. The second-order valence-corrected chi connectivity index (χ2v) is 7.88. The van der Waals surface area contributed by atoms with E-state index in [2.05, 4.69) is 10.2 Å². The van der Waals surface area contributed by atoms with E-state index >= 15 is 0 Å². The number of hydrogen-bond donors (Lipinski definition) is 0. The summed E-state index contributed by atoms with van der Waals surface area (Å²) in [6, 6.07) is 25.3. The van der Waals surface area contributed by atoms with Gasteiger partial charge in [-0.3, -0.25) is 0 Å². The third kappa shape index (κ3) is 3.87. The van der Waals surface area contributed by atoms with Crippen LogP contribution in [0.3, 0.4) is 0 Å². The molecule has 2 heterocycles. The molecule has 0 unspecified atom stereocenters. The van der Waals surface area contributed by atoms with Crippen molar-refractivity contribution in [1.82, 2.24) is 15.2 Å². The van der Waals surface area contributed by atoms with Crippen LogP contribution in [0.2, 0.25) is 5.02 Å². The summed E-state index contributed by atoms with van der Waals surface area (Å²) in [5.74, 6) is 1.05. The number of rotatable bonds is 5. The van der Waals surface area contributed by atoms with E-state index in [-0.39, 0.29) is 0 Å². The van der Waals surface area contributed by atoms with Crippen LogP contribution < -0.4 is 0 Å². The molecule has 0 bridgehead atoms. The molecular weight excluding hydrogens is 418 g/mol. The highest BCUT2D eigenvalue weighted by molar-refractivity contribution is 7.99. The number of oxazole rings is 1. The summed E-state index contributed by atoms with van der Waals surface area (Å²) < 4.78 is 11.4. The van der Waals surface area contributed by atoms with E-state index in [9.17, 15) is 0 Å². The third-order valence-electron chi connectivity index (χ3n) is 4.41. The predicted molar refractivity (Wildman–Crippen MR) is 116 cm³/mol. The van der Waals surface area contributed by atoms with E-state index < -0.39 is 0 Å². The molecule has 5 rings (SSSR count). The van der Waals surface area contributed by atoms with Crippen molar-refractivity contribution < 1.29 is 8.83 Å². The largest absolute Gasteiger partial charge is 0.429 e. The number of benzene rings is 3. The zero-order chi connectivity index (χ0) is 20.3. The fraction of sp³-hybridized carbons (Fsp3) is 0. The predicted octanol–water partition coefficient (Wildman–Crippen LogP) is 6.86. The Hall–Kier alpha value is -3.35. The molecule has 0 N–H and O–H groups in total. The van der Waals surface area contributed by atoms with Gasteiger partial charge in [-0.1, -0.05) is 41.9 Å². The third-order valence-corrected chi connectivity index (χ3v) is 5.63. The molecule has 0 saturated carbocycles. The van der Waals surface area contributed by atoms with Crippen molar-refractivity contribution in [3.8, 4) is 34.2 Å². The Labute approximate surface area is 181 Å². The maximum absolute atomic E-state index is 6.17. The molecule has 0 aliphatic carbocycles. The van der Waals surface area contributed by atoms with Gasteiger partial charge in [-0.05, 0) is 60.3 Å². The maximum Gasteiger partial charge on any atom is 0.247 e. The summed E-state index contributed by atoms with van der Waals surface area (Å²) in [5, 5.41) is 9.08. The average molecular weight is 432 g/mol. The number of aromatic nitrogens is 3. The van der Waals surface area contributed by atoms with Crippen LogP contribution in [-0.4, -0.2) is 15.2 Å². The van der Waals surface area contributed by atoms with Crippen LogP contribution in [0.4, 0.5) is 0 Å². The van der Waals surface area contributed by atoms with Crippen molar-refractivity contribution >= 4 is 23.4 Å².